The van der Waals surface area contributed by atoms with Crippen LogP contribution >= 0.6 is 23.1 Å². The Balaban J connectivity index is 1.25. The van der Waals surface area contributed by atoms with Crippen LogP contribution in [0.4, 0.5) is 0 Å². The molecular weight excluding hydrogens is 587 g/mol. The van der Waals surface area contributed by atoms with Gasteiger partial charge in [-0.2, -0.15) is 0 Å². The SMILES string of the molecule is CC1(C)C2CCC1(C)C(COC(=O)C1CCCN1C(=O)C(CSc1cccs1)NC(=O)C(Cc1ccc(O)cc1)N=O)C2. The van der Waals surface area contributed by atoms with Crippen LogP contribution in [0.3, 0.4) is 0 Å². The van der Waals surface area contributed by atoms with Crippen LogP contribution in [0.1, 0.15) is 58.4 Å². The minimum absolute atomic E-state index is 0.0327. The zero-order valence-electron chi connectivity index (χ0n) is 25.0. The number of fused-ring (bicyclic) bond motifs is 2. The third-order valence-corrected chi connectivity index (χ3v) is 12.7. The Morgan fingerprint density at radius 1 is 1.19 bits per heavy atom. The molecule has 11 heteroatoms. The van der Waals surface area contributed by atoms with Gasteiger partial charge >= 0.3 is 5.97 Å². The van der Waals surface area contributed by atoms with Crippen LogP contribution < -0.4 is 5.32 Å². The van der Waals surface area contributed by atoms with Gasteiger partial charge in [0.15, 0.2) is 6.04 Å². The van der Waals surface area contributed by atoms with Gasteiger partial charge in [-0.05, 0) is 83.9 Å². The summed E-state index contributed by atoms with van der Waals surface area (Å²) in [5.74, 6) is -0.123. The van der Waals surface area contributed by atoms with E-state index in [9.17, 15) is 24.4 Å². The van der Waals surface area contributed by atoms with E-state index in [2.05, 4.69) is 31.3 Å². The topological polar surface area (TPSA) is 125 Å². The lowest BCUT2D eigenvalue weighted by Crippen LogP contribution is -2.54. The Bertz CT molecular complexity index is 1320. The van der Waals surface area contributed by atoms with Gasteiger partial charge in [-0.15, -0.1) is 28.0 Å². The summed E-state index contributed by atoms with van der Waals surface area (Å²) in [5.41, 5.74) is 1.02. The third-order valence-electron chi connectivity index (χ3n) is 10.5. The Kier molecular flexibility index (Phi) is 9.51. The second-order valence-corrected chi connectivity index (χ2v) is 15.2. The summed E-state index contributed by atoms with van der Waals surface area (Å²) in [7, 11) is 0. The van der Waals surface area contributed by atoms with Crippen LogP contribution in [0.15, 0.2) is 51.2 Å². The van der Waals surface area contributed by atoms with Gasteiger partial charge in [-0.25, -0.2) is 4.79 Å². The zero-order valence-corrected chi connectivity index (χ0v) is 26.6. The van der Waals surface area contributed by atoms with Gasteiger partial charge in [0.1, 0.15) is 17.8 Å². The maximum absolute atomic E-state index is 13.9. The molecule has 3 fully saturated rings. The predicted molar refractivity (Wildman–Crippen MR) is 167 cm³/mol. The number of esters is 1. The van der Waals surface area contributed by atoms with Crippen molar-refractivity contribution in [3.63, 3.8) is 0 Å². The Morgan fingerprint density at radius 3 is 2.58 bits per heavy atom. The number of thiophene rings is 1. The Morgan fingerprint density at radius 2 is 1.95 bits per heavy atom. The average molecular weight is 628 g/mol. The molecule has 6 unspecified atom stereocenters. The van der Waals surface area contributed by atoms with Crippen molar-refractivity contribution in [3.8, 4) is 5.75 Å². The van der Waals surface area contributed by atoms with E-state index >= 15 is 0 Å². The van der Waals surface area contributed by atoms with Crippen LogP contribution in [-0.2, 0) is 25.5 Å². The Hall–Kier alpha value is -2.92. The monoisotopic (exact) mass is 627 g/mol. The molecule has 5 rings (SSSR count). The zero-order chi connectivity index (χ0) is 30.8. The summed E-state index contributed by atoms with van der Waals surface area (Å²) in [6.45, 7) is 7.76. The number of rotatable bonds is 12. The minimum atomic E-state index is -1.25. The van der Waals surface area contributed by atoms with Crippen molar-refractivity contribution in [1.82, 2.24) is 10.2 Å². The first-order chi connectivity index (χ1) is 20.5. The summed E-state index contributed by atoms with van der Waals surface area (Å²) in [4.78, 5) is 53.7. The first kappa shape index (κ1) is 31.5. The molecule has 1 saturated heterocycles. The first-order valence-electron chi connectivity index (χ1n) is 15.1. The van der Waals surface area contributed by atoms with Crippen LogP contribution in [0.25, 0.3) is 0 Å². The fourth-order valence-corrected chi connectivity index (χ4v) is 9.19. The van der Waals surface area contributed by atoms with Gasteiger partial charge in [-0.3, -0.25) is 9.59 Å². The summed E-state index contributed by atoms with van der Waals surface area (Å²) in [6, 6.07) is 7.14. The lowest BCUT2D eigenvalue weighted by Gasteiger charge is -2.39. The minimum Gasteiger partial charge on any atom is -0.508 e. The summed E-state index contributed by atoms with van der Waals surface area (Å²) in [6.07, 6.45) is 4.65. The summed E-state index contributed by atoms with van der Waals surface area (Å²) < 4.78 is 6.90. The molecule has 1 aliphatic heterocycles. The fraction of sp³-hybridized carbons (Fsp3) is 0.594. The second-order valence-electron chi connectivity index (χ2n) is 12.9. The van der Waals surface area contributed by atoms with Gasteiger partial charge in [-0.1, -0.05) is 44.1 Å². The molecular formula is C32H41N3O6S2. The molecule has 2 aliphatic carbocycles. The highest BCUT2D eigenvalue weighted by molar-refractivity contribution is 8.01. The van der Waals surface area contributed by atoms with Crippen LogP contribution in [0.2, 0.25) is 0 Å². The molecule has 0 radical (unpaired) electrons. The number of nitroso groups, excluding NO2 is 1. The number of hydrogen-bond acceptors (Lipinski definition) is 9. The quantitative estimate of drug-likeness (QED) is 0.183. The lowest BCUT2D eigenvalue weighted by atomic mass is 9.67. The van der Waals surface area contributed by atoms with Gasteiger partial charge < -0.3 is 20.1 Å². The highest BCUT2D eigenvalue weighted by Gasteiger charge is 2.61. The number of thioether (sulfide) groups is 1. The van der Waals surface area contributed by atoms with Crippen molar-refractivity contribution in [2.75, 3.05) is 18.9 Å². The summed E-state index contributed by atoms with van der Waals surface area (Å²) >= 11 is 2.97. The van der Waals surface area contributed by atoms with Gasteiger partial charge in [0.05, 0.1) is 10.8 Å². The molecule has 6 atom stereocenters. The van der Waals surface area contributed by atoms with E-state index in [1.807, 2.05) is 17.5 Å². The van der Waals surface area contributed by atoms with E-state index < -0.39 is 24.0 Å². The van der Waals surface area contributed by atoms with Crippen molar-refractivity contribution < 1.29 is 24.2 Å². The van der Waals surface area contributed by atoms with Crippen LogP contribution in [0, 0.1) is 27.6 Å². The number of ether oxygens (including phenoxy) is 1. The van der Waals surface area contributed by atoms with Crippen LogP contribution in [0.5, 0.6) is 5.75 Å². The number of phenolic OH excluding ortho intramolecular Hbond substituents is 1. The molecule has 2 N–H and O–H groups in total. The number of nitrogens with zero attached hydrogens (tertiary/aromatic N) is 2. The van der Waals surface area contributed by atoms with Crippen molar-refractivity contribution in [3.05, 3.63) is 52.2 Å². The molecule has 2 heterocycles. The smallest absolute Gasteiger partial charge is 0.328 e. The highest BCUT2D eigenvalue weighted by atomic mass is 32.2. The average Bonchev–Trinajstić information content (AvgIpc) is 3.77. The second kappa shape index (κ2) is 13.0. The van der Waals surface area contributed by atoms with Crippen molar-refractivity contribution in [1.29, 1.82) is 0 Å². The maximum atomic E-state index is 13.9. The number of carbonyl (C=O) groups is 3. The molecule has 2 saturated carbocycles. The van der Waals surface area contributed by atoms with E-state index in [0.29, 0.717) is 43.4 Å². The molecule has 232 valence electrons. The van der Waals surface area contributed by atoms with Gasteiger partial charge in [0.25, 0.3) is 0 Å². The van der Waals surface area contributed by atoms with E-state index in [1.54, 1.807) is 12.1 Å². The van der Waals surface area contributed by atoms with E-state index in [4.69, 9.17) is 4.74 Å². The predicted octanol–water partition coefficient (Wildman–Crippen LogP) is 5.40. The molecule has 43 heavy (non-hydrogen) atoms. The third kappa shape index (κ3) is 6.48. The standard InChI is InChI=1S/C32H41N3O6S2/c1-31(2)21-12-13-32(31,3)22(17-21)18-41-30(39)26-6-4-14-35(26)29(38)25(19-43-27-7-5-15-42-27)33-28(37)24(34-40)16-20-8-10-23(36)11-9-20/h5,7-11,15,21-22,24-26,36H,4,6,12-14,16-19H2,1-3H3,(H,33,37). The molecule has 2 amide bonds. The molecule has 3 aliphatic rings. The molecule has 1 aromatic carbocycles. The largest absolute Gasteiger partial charge is 0.508 e. The fourth-order valence-electron chi connectivity index (χ4n) is 7.36. The van der Waals surface area contributed by atoms with Gasteiger partial charge in [0, 0.05) is 18.7 Å². The number of hydrogen-bond donors (Lipinski definition) is 2. The normalized spacial score (nSPS) is 27.0. The molecule has 9 nitrogen and oxygen atoms in total. The molecule has 2 aromatic rings. The number of aromatic hydroxyl groups is 1. The number of nitrogens with one attached hydrogen (secondary N) is 1. The van der Waals surface area contributed by atoms with Crippen LogP contribution in [-0.4, -0.2) is 64.8 Å². The number of carbonyl (C=O) groups excluding carboxylic acids is 3. The van der Waals surface area contributed by atoms with E-state index in [-0.39, 0.29) is 40.6 Å². The first-order valence-corrected chi connectivity index (χ1v) is 16.9. The number of likely N-dealkylation sites (tertiary alicyclic amines) is 1. The van der Waals surface area contributed by atoms with E-state index in [0.717, 1.165) is 17.1 Å². The summed E-state index contributed by atoms with van der Waals surface area (Å²) in [5, 5.41) is 17.3. The number of amides is 2. The molecule has 1 aromatic heterocycles. The number of phenols is 1. The van der Waals surface area contributed by atoms with Crippen molar-refractivity contribution in [2.24, 2.45) is 27.8 Å². The lowest BCUT2D eigenvalue weighted by molar-refractivity contribution is -0.156. The van der Waals surface area contributed by atoms with Crippen molar-refractivity contribution >= 4 is 40.9 Å². The maximum Gasteiger partial charge on any atom is 0.328 e. The van der Waals surface area contributed by atoms with Gasteiger partial charge in [0.2, 0.25) is 11.8 Å². The molecule has 2 bridgehead atoms. The Labute approximate surface area is 261 Å². The highest BCUT2D eigenvalue weighted by Crippen LogP contribution is 2.68. The molecule has 0 spiro atoms. The van der Waals surface area contributed by atoms with E-state index in [1.165, 1.54) is 46.6 Å². The number of benzene rings is 1. The van der Waals surface area contributed by atoms with Crippen molar-refractivity contribution in [2.45, 2.75) is 81.6 Å².